The predicted molar refractivity (Wildman–Crippen MR) is 91.1 cm³/mol. The topological polar surface area (TPSA) is 56.7 Å². The van der Waals surface area contributed by atoms with Crippen LogP contribution in [-0.2, 0) is 5.75 Å². The van der Waals surface area contributed by atoms with Crippen molar-refractivity contribution in [3.63, 3.8) is 0 Å². The maximum atomic E-state index is 6.14. The highest BCUT2D eigenvalue weighted by Crippen LogP contribution is 2.24. The smallest absolute Gasteiger partial charge is 0.210 e. The molecule has 0 saturated heterocycles. The van der Waals surface area contributed by atoms with Crippen LogP contribution in [0.2, 0.25) is 0 Å². The Labute approximate surface area is 134 Å². The molecule has 0 unspecified atom stereocenters. The second-order valence-electron chi connectivity index (χ2n) is 5.32. The number of rotatable bonds is 4. The molecule has 0 radical (unpaired) electrons. The Bertz CT molecular complexity index is 778. The molecule has 0 aliphatic heterocycles. The molecule has 22 heavy (non-hydrogen) atoms. The summed E-state index contributed by atoms with van der Waals surface area (Å²) in [6, 6.07) is 16.6. The molecule has 4 nitrogen and oxygen atoms in total. The van der Waals surface area contributed by atoms with Gasteiger partial charge in [0.15, 0.2) is 5.82 Å². The van der Waals surface area contributed by atoms with E-state index in [1.807, 2.05) is 24.3 Å². The van der Waals surface area contributed by atoms with Crippen molar-refractivity contribution in [2.24, 2.45) is 0 Å². The first-order valence-corrected chi connectivity index (χ1v) is 8.08. The van der Waals surface area contributed by atoms with Crippen LogP contribution in [0.4, 0.5) is 0 Å². The predicted octanol–water partition coefficient (Wildman–Crippen LogP) is 3.57. The zero-order valence-electron chi connectivity index (χ0n) is 12.7. The third kappa shape index (κ3) is 3.14. The summed E-state index contributed by atoms with van der Waals surface area (Å²) < 4.78 is 1.56. The van der Waals surface area contributed by atoms with Crippen LogP contribution in [0.5, 0.6) is 0 Å². The first-order valence-electron chi connectivity index (χ1n) is 7.09. The maximum Gasteiger partial charge on any atom is 0.210 e. The van der Waals surface area contributed by atoms with Gasteiger partial charge in [-0.15, -0.1) is 10.2 Å². The Hall–Kier alpha value is -2.27. The molecule has 0 aliphatic carbocycles. The zero-order valence-corrected chi connectivity index (χ0v) is 13.5. The van der Waals surface area contributed by atoms with Gasteiger partial charge in [-0.3, -0.25) is 0 Å². The van der Waals surface area contributed by atoms with Gasteiger partial charge in [0.05, 0.1) is 0 Å². The van der Waals surface area contributed by atoms with Crippen LogP contribution in [0, 0.1) is 13.8 Å². The quantitative estimate of drug-likeness (QED) is 0.591. The SMILES string of the molecule is Cc1ccc(-c2nnc(SCc3cccc(C)c3)n2N)cc1. The van der Waals surface area contributed by atoms with Crippen molar-refractivity contribution in [1.29, 1.82) is 0 Å². The van der Waals surface area contributed by atoms with Crippen LogP contribution in [0.3, 0.4) is 0 Å². The van der Waals surface area contributed by atoms with E-state index >= 15 is 0 Å². The highest BCUT2D eigenvalue weighted by Gasteiger charge is 2.12. The first-order chi connectivity index (χ1) is 10.6. The minimum atomic E-state index is 0.687. The minimum Gasteiger partial charge on any atom is -0.335 e. The monoisotopic (exact) mass is 310 g/mol. The molecule has 5 heteroatoms. The summed E-state index contributed by atoms with van der Waals surface area (Å²) in [5.74, 6) is 7.65. The second-order valence-corrected chi connectivity index (χ2v) is 6.26. The summed E-state index contributed by atoms with van der Waals surface area (Å²) >= 11 is 1.59. The average Bonchev–Trinajstić information content (AvgIpc) is 2.87. The number of hydrogen-bond acceptors (Lipinski definition) is 4. The number of hydrogen-bond donors (Lipinski definition) is 1. The highest BCUT2D eigenvalue weighted by molar-refractivity contribution is 7.98. The standard InChI is InChI=1S/C17H18N4S/c1-12-6-8-15(9-7-12)16-19-20-17(21(16)18)22-11-14-5-3-4-13(2)10-14/h3-10H,11,18H2,1-2H3. The Balaban J connectivity index is 1.77. The van der Waals surface area contributed by atoms with Crippen molar-refractivity contribution in [1.82, 2.24) is 14.9 Å². The molecular formula is C17H18N4S. The Morgan fingerprint density at radius 1 is 1.00 bits per heavy atom. The number of aryl methyl sites for hydroxylation is 2. The van der Waals surface area contributed by atoms with E-state index in [1.165, 1.54) is 16.7 Å². The third-order valence-electron chi connectivity index (χ3n) is 3.42. The minimum absolute atomic E-state index is 0.687. The largest absolute Gasteiger partial charge is 0.335 e. The summed E-state index contributed by atoms with van der Waals surface area (Å²) in [6.45, 7) is 4.15. The molecule has 3 rings (SSSR count). The van der Waals surface area contributed by atoms with Gasteiger partial charge in [-0.05, 0) is 19.4 Å². The van der Waals surface area contributed by atoms with Gasteiger partial charge in [0.1, 0.15) is 0 Å². The van der Waals surface area contributed by atoms with Crippen molar-refractivity contribution in [2.75, 3.05) is 5.84 Å². The summed E-state index contributed by atoms with van der Waals surface area (Å²) in [5, 5.41) is 9.14. The lowest BCUT2D eigenvalue weighted by molar-refractivity contribution is 0.849. The Morgan fingerprint density at radius 2 is 1.77 bits per heavy atom. The first kappa shape index (κ1) is 14.7. The van der Waals surface area contributed by atoms with Crippen LogP contribution >= 0.6 is 11.8 Å². The molecule has 0 fully saturated rings. The molecule has 0 bridgehead atoms. The number of nitrogens with zero attached hydrogens (tertiary/aromatic N) is 3. The molecule has 0 spiro atoms. The van der Waals surface area contributed by atoms with Crippen molar-refractivity contribution >= 4 is 11.8 Å². The number of nitrogen functional groups attached to an aromatic ring is 1. The van der Waals surface area contributed by atoms with E-state index in [1.54, 1.807) is 16.4 Å². The van der Waals surface area contributed by atoms with E-state index in [4.69, 9.17) is 5.84 Å². The number of nitrogens with two attached hydrogens (primary N) is 1. The fourth-order valence-corrected chi connectivity index (χ4v) is 3.02. The van der Waals surface area contributed by atoms with Crippen molar-refractivity contribution in [2.45, 2.75) is 24.8 Å². The van der Waals surface area contributed by atoms with E-state index < -0.39 is 0 Å². The molecule has 1 heterocycles. The maximum absolute atomic E-state index is 6.14. The summed E-state index contributed by atoms with van der Waals surface area (Å²) in [5.41, 5.74) is 4.70. The van der Waals surface area contributed by atoms with Crippen molar-refractivity contribution in [3.05, 3.63) is 65.2 Å². The van der Waals surface area contributed by atoms with Gasteiger partial charge < -0.3 is 5.84 Å². The fourth-order valence-electron chi connectivity index (χ4n) is 2.22. The van der Waals surface area contributed by atoms with Crippen LogP contribution in [0.1, 0.15) is 16.7 Å². The van der Waals surface area contributed by atoms with Gasteiger partial charge in [0.2, 0.25) is 5.16 Å². The van der Waals surface area contributed by atoms with E-state index in [0.29, 0.717) is 5.82 Å². The summed E-state index contributed by atoms with van der Waals surface area (Å²) in [4.78, 5) is 0. The molecule has 1 aromatic heterocycles. The highest BCUT2D eigenvalue weighted by atomic mass is 32.2. The lowest BCUT2D eigenvalue weighted by atomic mass is 10.1. The van der Waals surface area contributed by atoms with E-state index in [9.17, 15) is 0 Å². The van der Waals surface area contributed by atoms with Gasteiger partial charge >= 0.3 is 0 Å². The van der Waals surface area contributed by atoms with Gasteiger partial charge in [-0.1, -0.05) is 71.4 Å². The number of thioether (sulfide) groups is 1. The van der Waals surface area contributed by atoms with Gasteiger partial charge in [-0.25, -0.2) is 4.68 Å². The van der Waals surface area contributed by atoms with Gasteiger partial charge in [0.25, 0.3) is 0 Å². The van der Waals surface area contributed by atoms with Crippen LogP contribution in [0.25, 0.3) is 11.4 Å². The van der Waals surface area contributed by atoms with Crippen molar-refractivity contribution in [3.8, 4) is 11.4 Å². The van der Waals surface area contributed by atoms with Gasteiger partial charge in [0, 0.05) is 11.3 Å². The fraction of sp³-hybridized carbons (Fsp3) is 0.176. The molecular weight excluding hydrogens is 292 g/mol. The summed E-state index contributed by atoms with van der Waals surface area (Å²) in [6.07, 6.45) is 0. The summed E-state index contributed by atoms with van der Waals surface area (Å²) in [7, 11) is 0. The number of benzene rings is 2. The molecule has 0 atom stereocenters. The second kappa shape index (κ2) is 6.23. The van der Waals surface area contributed by atoms with E-state index in [2.05, 4.69) is 48.3 Å². The molecule has 3 aromatic rings. The third-order valence-corrected chi connectivity index (χ3v) is 4.44. The molecule has 0 amide bonds. The molecule has 2 N–H and O–H groups in total. The van der Waals surface area contributed by atoms with E-state index in [0.717, 1.165) is 16.5 Å². The van der Waals surface area contributed by atoms with Crippen LogP contribution in [-0.4, -0.2) is 14.9 Å². The molecule has 2 aromatic carbocycles. The molecule has 112 valence electrons. The Morgan fingerprint density at radius 3 is 2.50 bits per heavy atom. The van der Waals surface area contributed by atoms with Crippen LogP contribution < -0.4 is 5.84 Å². The van der Waals surface area contributed by atoms with Crippen molar-refractivity contribution < 1.29 is 0 Å². The van der Waals surface area contributed by atoms with E-state index in [-0.39, 0.29) is 0 Å². The zero-order chi connectivity index (χ0) is 15.5. The lowest BCUT2D eigenvalue weighted by Crippen LogP contribution is -2.11. The average molecular weight is 310 g/mol. The molecule has 0 saturated carbocycles. The lowest BCUT2D eigenvalue weighted by Gasteiger charge is -2.05. The number of aromatic nitrogens is 3. The van der Waals surface area contributed by atoms with Crippen LogP contribution in [0.15, 0.2) is 53.7 Å². The Kier molecular flexibility index (Phi) is 4.15. The molecule has 0 aliphatic rings. The van der Waals surface area contributed by atoms with Gasteiger partial charge in [-0.2, -0.15) is 0 Å². The normalized spacial score (nSPS) is 10.8.